The Kier molecular flexibility index (Phi) is 7.17. The summed E-state index contributed by atoms with van der Waals surface area (Å²) in [6.07, 6.45) is 9.57. The molecule has 180 valence electrons. The number of aliphatic carboxylic acids is 1. The topological polar surface area (TPSA) is 95.1 Å². The number of rotatable bonds is 8. The minimum Gasteiger partial charge on any atom is -0.481 e. The number of carboxylic acids is 1. The lowest BCUT2D eigenvalue weighted by Crippen LogP contribution is -2.03. The van der Waals surface area contributed by atoms with Crippen molar-refractivity contribution in [2.75, 3.05) is 5.32 Å². The van der Waals surface area contributed by atoms with Crippen LogP contribution in [0.3, 0.4) is 0 Å². The summed E-state index contributed by atoms with van der Waals surface area (Å²) in [5.41, 5.74) is 8.82. The number of carbonyl (C=O) groups is 2. The molecule has 7 heteroatoms. The number of benzene rings is 1. The number of aromatic amines is 1. The molecule has 1 aliphatic rings. The van der Waals surface area contributed by atoms with E-state index in [-0.39, 0.29) is 12.3 Å². The van der Waals surface area contributed by atoms with E-state index in [0.29, 0.717) is 12.0 Å². The average molecular weight is 488 g/mol. The Morgan fingerprint density at radius 1 is 1.26 bits per heavy atom. The molecule has 1 amide bonds. The first-order chi connectivity index (χ1) is 16.8. The summed E-state index contributed by atoms with van der Waals surface area (Å²) in [7, 11) is 0. The molecule has 35 heavy (non-hydrogen) atoms. The van der Waals surface area contributed by atoms with Gasteiger partial charge in [0.1, 0.15) is 5.01 Å². The number of anilines is 1. The zero-order valence-corrected chi connectivity index (χ0v) is 21.2. The fraction of sp³-hybridized carbons (Fsp3) is 0.250. The highest BCUT2D eigenvalue weighted by Gasteiger charge is 2.26. The van der Waals surface area contributed by atoms with E-state index in [4.69, 9.17) is 10.1 Å². The summed E-state index contributed by atoms with van der Waals surface area (Å²) in [4.78, 5) is 32.1. The highest BCUT2D eigenvalue weighted by molar-refractivity contribution is 7.11. The molecule has 1 aliphatic heterocycles. The third-order valence-electron chi connectivity index (χ3n) is 6.13. The Labute approximate surface area is 209 Å². The van der Waals surface area contributed by atoms with E-state index in [1.54, 1.807) is 11.3 Å². The zero-order chi connectivity index (χ0) is 25.1. The van der Waals surface area contributed by atoms with Gasteiger partial charge < -0.3 is 15.4 Å². The summed E-state index contributed by atoms with van der Waals surface area (Å²) >= 11 is 1.61. The standard InChI is InChI=1S/C28H29N3O3S/c1-5-7-18(8-6-2)28-31-25(15-35-28)19-9-11-23-21(13-19)22(27(34)30-23)14-24-16(3)20(17(4)29-24)10-12-26(32)33/h5,7-9,11,13-15,29H,6,10,12H2,1-4H3,(H,30,34)(H,32,33). The van der Waals surface area contributed by atoms with E-state index in [0.717, 1.165) is 62.0 Å². The quantitative estimate of drug-likeness (QED) is 0.245. The second-order valence-corrected chi connectivity index (χ2v) is 9.40. The van der Waals surface area contributed by atoms with Crippen molar-refractivity contribution in [3.8, 4) is 11.3 Å². The Bertz CT molecular complexity index is 1390. The number of hydrogen-bond donors (Lipinski definition) is 3. The van der Waals surface area contributed by atoms with Crippen LogP contribution in [-0.2, 0) is 16.0 Å². The van der Waals surface area contributed by atoms with Gasteiger partial charge in [-0.2, -0.15) is 0 Å². The van der Waals surface area contributed by atoms with E-state index in [1.807, 2.05) is 56.5 Å². The lowest BCUT2D eigenvalue weighted by atomic mass is 10.00. The van der Waals surface area contributed by atoms with Crippen molar-refractivity contribution < 1.29 is 14.7 Å². The van der Waals surface area contributed by atoms with Crippen molar-refractivity contribution in [1.82, 2.24) is 9.97 Å². The van der Waals surface area contributed by atoms with E-state index < -0.39 is 5.97 Å². The maximum absolute atomic E-state index is 12.8. The molecule has 0 saturated heterocycles. The van der Waals surface area contributed by atoms with E-state index in [2.05, 4.69) is 29.4 Å². The molecule has 0 spiro atoms. The smallest absolute Gasteiger partial charge is 0.303 e. The Morgan fingerprint density at radius 3 is 2.77 bits per heavy atom. The van der Waals surface area contributed by atoms with E-state index >= 15 is 0 Å². The number of nitrogens with zero attached hydrogens (tertiary/aromatic N) is 1. The SMILES string of the molecule is CC=CC(=CCC)c1nc(-c2ccc3c(c2)C(=Cc2[nH]c(C)c(CCC(=O)O)c2C)C(=O)N3)cs1. The average Bonchev–Trinajstić information content (AvgIpc) is 3.49. The monoisotopic (exact) mass is 487 g/mol. The minimum atomic E-state index is -0.824. The molecule has 1 aromatic carbocycles. The lowest BCUT2D eigenvalue weighted by molar-refractivity contribution is -0.137. The fourth-order valence-corrected chi connectivity index (χ4v) is 5.22. The minimum absolute atomic E-state index is 0.0705. The largest absolute Gasteiger partial charge is 0.481 e. The molecule has 0 atom stereocenters. The van der Waals surface area contributed by atoms with Crippen LogP contribution in [0, 0.1) is 13.8 Å². The van der Waals surface area contributed by atoms with Gasteiger partial charge >= 0.3 is 5.97 Å². The molecule has 3 N–H and O–H groups in total. The third-order valence-corrected chi connectivity index (χ3v) is 7.02. The highest BCUT2D eigenvalue weighted by Crippen LogP contribution is 2.37. The number of carboxylic acid groups (broad SMARTS) is 1. The van der Waals surface area contributed by atoms with Crippen LogP contribution in [-0.4, -0.2) is 27.0 Å². The fourth-order valence-electron chi connectivity index (χ4n) is 4.37. The number of hydrogen-bond acceptors (Lipinski definition) is 4. The van der Waals surface area contributed by atoms with Crippen LogP contribution < -0.4 is 5.32 Å². The van der Waals surface area contributed by atoms with Gasteiger partial charge in [0, 0.05) is 45.6 Å². The maximum Gasteiger partial charge on any atom is 0.303 e. The molecule has 4 rings (SSSR count). The van der Waals surface area contributed by atoms with Gasteiger partial charge in [-0.3, -0.25) is 9.59 Å². The van der Waals surface area contributed by atoms with Gasteiger partial charge in [-0.05, 0) is 62.9 Å². The molecule has 0 unspecified atom stereocenters. The van der Waals surface area contributed by atoms with Crippen LogP contribution >= 0.6 is 11.3 Å². The summed E-state index contributed by atoms with van der Waals surface area (Å²) < 4.78 is 0. The molecular weight excluding hydrogens is 458 g/mol. The second kappa shape index (κ2) is 10.3. The Morgan fingerprint density at radius 2 is 2.06 bits per heavy atom. The summed E-state index contributed by atoms with van der Waals surface area (Å²) in [5.74, 6) is -0.981. The van der Waals surface area contributed by atoms with Crippen LogP contribution in [0.2, 0.25) is 0 Å². The van der Waals surface area contributed by atoms with Gasteiger partial charge in [-0.1, -0.05) is 31.2 Å². The number of amides is 1. The van der Waals surface area contributed by atoms with Crippen molar-refractivity contribution in [2.24, 2.45) is 0 Å². The number of H-pyrrole nitrogens is 1. The van der Waals surface area contributed by atoms with Gasteiger partial charge in [0.25, 0.3) is 5.91 Å². The Hall–Kier alpha value is -3.71. The van der Waals surface area contributed by atoms with Crippen LogP contribution in [0.5, 0.6) is 0 Å². The van der Waals surface area contributed by atoms with Crippen molar-refractivity contribution in [1.29, 1.82) is 0 Å². The number of aromatic nitrogens is 2. The zero-order valence-electron chi connectivity index (χ0n) is 20.4. The highest BCUT2D eigenvalue weighted by atomic mass is 32.1. The van der Waals surface area contributed by atoms with Gasteiger partial charge in [0.05, 0.1) is 11.3 Å². The third kappa shape index (κ3) is 5.05. The van der Waals surface area contributed by atoms with Gasteiger partial charge in [0.2, 0.25) is 0 Å². The van der Waals surface area contributed by atoms with Crippen LogP contribution in [0.15, 0.2) is 41.8 Å². The van der Waals surface area contributed by atoms with Gasteiger partial charge in [-0.15, -0.1) is 11.3 Å². The molecule has 3 heterocycles. The first-order valence-electron chi connectivity index (χ1n) is 11.7. The number of fused-ring (bicyclic) bond motifs is 1. The first-order valence-corrected chi connectivity index (χ1v) is 12.6. The van der Waals surface area contributed by atoms with Gasteiger partial charge in [-0.25, -0.2) is 4.98 Å². The summed E-state index contributed by atoms with van der Waals surface area (Å²) in [5, 5.41) is 15.0. The molecule has 0 radical (unpaired) electrons. The molecule has 0 fully saturated rings. The molecular formula is C28H29N3O3S. The van der Waals surface area contributed by atoms with Crippen LogP contribution in [0.1, 0.15) is 59.8 Å². The number of thiazole rings is 1. The predicted octanol–water partition coefficient (Wildman–Crippen LogP) is 6.63. The van der Waals surface area contributed by atoms with Crippen LogP contribution in [0.4, 0.5) is 5.69 Å². The second-order valence-electron chi connectivity index (χ2n) is 8.54. The normalized spacial score (nSPS) is 14.7. The molecule has 3 aromatic rings. The predicted molar refractivity (Wildman–Crippen MR) is 143 cm³/mol. The Balaban J connectivity index is 1.70. The van der Waals surface area contributed by atoms with Crippen LogP contribution in [0.25, 0.3) is 28.5 Å². The number of allylic oxidation sites excluding steroid dienone is 4. The molecule has 2 aromatic heterocycles. The first kappa shape index (κ1) is 24.4. The lowest BCUT2D eigenvalue weighted by Gasteiger charge is -2.03. The van der Waals surface area contributed by atoms with E-state index in [1.165, 1.54) is 0 Å². The number of carbonyl (C=O) groups excluding carboxylic acids is 1. The van der Waals surface area contributed by atoms with Crippen molar-refractivity contribution >= 4 is 46.1 Å². The summed E-state index contributed by atoms with van der Waals surface area (Å²) in [6, 6.07) is 5.91. The van der Waals surface area contributed by atoms with Gasteiger partial charge in [0.15, 0.2) is 0 Å². The molecule has 0 bridgehead atoms. The number of aryl methyl sites for hydroxylation is 1. The molecule has 6 nitrogen and oxygen atoms in total. The molecule has 0 aliphatic carbocycles. The number of nitrogens with one attached hydrogen (secondary N) is 2. The summed E-state index contributed by atoms with van der Waals surface area (Å²) in [6.45, 7) is 8.00. The maximum atomic E-state index is 12.8. The van der Waals surface area contributed by atoms with E-state index in [9.17, 15) is 9.59 Å². The van der Waals surface area contributed by atoms with Crippen molar-refractivity contribution in [3.05, 3.63) is 74.9 Å². The van der Waals surface area contributed by atoms with Crippen molar-refractivity contribution in [3.63, 3.8) is 0 Å². The van der Waals surface area contributed by atoms with Crippen molar-refractivity contribution in [2.45, 2.75) is 47.0 Å². The molecule has 0 saturated carbocycles.